The molecule has 2 aromatic carbocycles. The Morgan fingerprint density at radius 2 is 1.77 bits per heavy atom. The SMILES string of the molecule is COC(=O)c1cc(Oc2nnc(-c3ccccc3)n2C)ccc1NS(=O)(=O)C(F)(F)F. The third-order valence-corrected chi connectivity index (χ3v) is 5.12. The maximum atomic E-state index is 12.7. The number of hydrogen-bond donors (Lipinski definition) is 1. The van der Waals surface area contributed by atoms with Crippen molar-refractivity contribution in [3.63, 3.8) is 0 Å². The van der Waals surface area contributed by atoms with Crippen molar-refractivity contribution in [1.82, 2.24) is 14.8 Å². The lowest BCUT2D eigenvalue weighted by molar-refractivity contribution is -0.0429. The number of sulfonamides is 1. The van der Waals surface area contributed by atoms with Crippen LogP contribution in [0.25, 0.3) is 11.4 Å². The standard InChI is InChI=1S/C18H15F3N4O5S/c1-25-15(11-6-4-3-5-7-11)22-23-17(25)30-12-8-9-14(13(10-12)16(26)29-2)24-31(27,28)18(19,20)21/h3-10,24H,1-2H3. The molecule has 0 aliphatic heterocycles. The molecule has 0 radical (unpaired) electrons. The summed E-state index contributed by atoms with van der Waals surface area (Å²) in [4.78, 5) is 12.0. The molecule has 164 valence electrons. The number of carbonyl (C=O) groups excluding carboxylic acids is 1. The summed E-state index contributed by atoms with van der Waals surface area (Å²) in [6.07, 6.45) is 0. The second-order valence-corrected chi connectivity index (χ2v) is 7.76. The van der Waals surface area contributed by atoms with Crippen LogP contribution in [0, 0.1) is 0 Å². The van der Waals surface area contributed by atoms with Gasteiger partial charge in [0.05, 0.1) is 18.4 Å². The van der Waals surface area contributed by atoms with E-state index in [-0.39, 0.29) is 11.8 Å². The van der Waals surface area contributed by atoms with Crippen molar-refractivity contribution in [3.8, 4) is 23.1 Å². The van der Waals surface area contributed by atoms with Gasteiger partial charge < -0.3 is 9.47 Å². The molecule has 0 amide bonds. The quantitative estimate of drug-likeness (QED) is 0.566. The lowest BCUT2D eigenvalue weighted by Crippen LogP contribution is -2.30. The van der Waals surface area contributed by atoms with Crippen LogP contribution in [0.15, 0.2) is 48.5 Å². The van der Waals surface area contributed by atoms with Crippen LogP contribution >= 0.6 is 0 Å². The minimum absolute atomic E-state index is 0.00883. The van der Waals surface area contributed by atoms with Gasteiger partial charge in [0.1, 0.15) is 5.75 Å². The number of esters is 1. The number of hydrogen-bond acceptors (Lipinski definition) is 7. The van der Waals surface area contributed by atoms with E-state index in [1.165, 1.54) is 9.29 Å². The predicted molar refractivity (Wildman–Crippen MR) is 103 cm³/mol. The minimum Gasteiger partial charge on any atom is -0.465 e. The highest BCUT2D eigenvalue weighted by Crippen LogP contribution is 2.31. The average Bonchev–Trinajstić information content (AvgIpc) is 3.08. The summed E-state index contributed by atoms with van der Waals surface area (Å²) in [7, 11) is -3.12. The number of alkyl halides is 3. The second-order valence-electron chi connectivity index (χ2n) is 6.08. The molecule has 0 bridgehead atoms. The third kappa shape index (κ3) is 4.60. The molecule has 1 N–H and O–H groups in total. The van der Waals surface area contributed by atoms with Gasteiger partial charge >= 0.3 is 27.5 Å². The van der Waals surface area contributed by atoms with Gasteiger partial charge in [0.2, 0.25) is 0 Å². The molecular weight excluding hydrogens is 441 g/mol. The van der Waals surface area contributed by atoms with Crippen molar-refractivity contribution in [2.24, 2.45) is 7.05 Å². The van der Waals surface area contributed by atoms with Crippen LogP contribution in [-0.4, -0.2) is 41.8 Å². The van der Waals surface area contributed by atoms with Crippen LogP contribution in [0.4, 0.5) is 18.9 Å². The number of methoxy groups -OCH3 is 1. The monoisotopic (exact) mass is 456 g/mol. The molecule has 1 aromatic heterocycles. The zero-order valence-electron chi connectivity index (χ0n) is 16.0. The lowest BCUT2D eigenvalue weighted by Gasteiger charge is -2.14. The van der Waals surface area contributed by atoms with Crippen LogP contribution in [0.5, 0.6) is 11.8 Å². The molecule has 0 fully saturated rings. The highest BCUT2D eigenvalue weighted by Gasteiger charge is 2.46. The van der Waals surface area contributed by atoms with Gasteiger partial charge in [-0.15, -0.1) is 5.10 Å². The van der Waals surface area contributed by atoms with E-state index >= 15 is 0 Å². The lowest BCUT2D eigenvalue weighted by atomic mass is 10.2. The number of anilines is 1. The van der Waals surface area contributed by atoms with E-state index in [1.807, 2.05) is 30.3 Å². The number of benzene rings is 2. The van der Waals surface area contributed by atoms with Crippen LogP contribution in [0.2, 0.25) is 0 Å². The third-order valence-electron chi connectivity index (χ3n) is 4.02. The molecule has 0 saturated heterocycles. The summed E-state index contributed by atoms with van der Waals surface area (Å²) in [5.74, 6) is -0.600. The first-order valence-electron chi connectivity index (χ1n) is 8.47. The molecule has 0 unspecified atom stereocenters. The van der Waals surface area contributed by atoms with Crippen LogP contribution < -0.4 is 9.46 Å². The summed E-state index contributed by atoms with van der Waals surface area (Å²) in [5.41, 5.74) is -5.92. The number of ether oxygens (including phenoxy) is 2. The predicted octanol–water partition coefficient (Wildman–Crippen LogP) is 3.32. The van der Waals surface area contributed by atoms with Crippen LogP contribution in [-0.2, 0) is 21.8 Å². The van der Waals surface area contributed by atoms with Crippen molar-refractivity contribution in [2.75, 3.05) is 11.8 Å². The van der Waals surface area contributed by atoms with E-state index in [4.69, 9.17) is 4.74 Å². The Hall–Kier alpha value is -3.61. The maximum absolute atomic E-state index is 12.7. The molecule has 31 heavy (non-hydrogen) atoms. The fourth-order valence-corrected chi connectivity index (χ4v) is 3.09. The Morgan fingerprint density at radius 3 is 2.39 bits per heavy atom. The van der Waals surface area contributed by atoms with Gasteiger partial charge in [-0.1, -0.05) is 35.4 Å². The smallest absolute Gasteiger partial charge is 0.465 e. The fourth-order valence-electron chi connectivity index (χ4n) is 2.51. The summed E-state index contributed by atoms with van der Waals surface area (Å²) in [6, 6.07) is 12.2. The molecule has 13 heteroatoms. The Balaban J connectivity index is 1.94. The molecule has 0 aliphatic carbocycles. The molecular formula is C18H15F3N4O5S. The first kappa shape index (κ1) is 22.1. The topological polar surface area (TPSA) is 112 Å². The van der Waals surface area contributed by atoms with Gasteiger partial charge in [-0.2, -0.15) is 21.6 Å². The Labute approximate surface area is 174 Å². The normalized spacial score (nSPS) is 11.8. The van der Waals surface area contributed by atoms with Crippen molar-refractivity contribution in [1.29, 1.82) is 0 Å². The van der Waals surface area contributed by atoms with Gasteiger partial charge in [-0.3, -0.25) is 9.29 Å². The summed E-state index contributed by atoms with van der Waals surface area (Å²) in [6.45, 7) is 0. The number of aromatic nitrogens is 3. The summed E-state index contributed by atoms with van der Waals surface area (Å²) in [5, 5.41) is 7.94. The van der Waals surface area contributed by atoms with Crippen molar-refractivity contribution < 1.29 is 35.9 Å². The summed E-state index contributed by atoms with van der Waals surface area (Å²) >= 11 is 0. The number of halogens is 3. The van der Waals surface area contributed by atoms with Gasteiger partial charge in [-0.05, 0) is 18.2 Å². The van der Waals surface area contributed by atoms with E-state index in [1.54, 1.807) is 7.05 Å². The van der Waals surface area contributed by atoms with Crippen LogP contribution in [0.1, 0.15) is 10.4 Å². The van der Waals surface area contributed by atoms with Gasteiger partial charge in [0, 0.05) is 12.6 Å². The number of nitrogens with zero attached hydrogens (tertiary/aromatic N) is 3. The van der Waals surface area contributed by atoms with Gasteiger partial charge in [-0.25, -0.2) is 4.79 Å². The number of carbonyl (C=O) groups is 1. The van der Waals surface area contributed by atoms with E-state index < -0.39 is 32.8 Å². The molecule has 3 rings (SSSR count). The van der Waals surface area contributed by atoms with E-state index in [2.05, 4.69) is 14.9 Å². The highest BCUT2D eigenvalue weighted by molar-refractivity contribution is 7.93. The molecule has 3 aromatic rings. The van der Waals surface area contributed by atoms with E-state index in [0.717, 1.165) is 30.9 Å². The molecule has 1 heterocycles. The van der Waals surface area contributed by atoms with Crippen molar-refractivity contribution in [2.45, 2.75) is 5.51 Å². The molecule has 0 aliphatic rings. The number of rotatable bonds is 6. The first-order chi connectivity index (χ1) is 14.5. The molecule has 9 nitrogen and oxygen atoms in total. The zero-order valence-corrected chi connectivity index (χ0v) is 16.9. The highest BCUT2D eigenvalue weighted by atomic mass is 32.2. The van der Waals surface area contributed by atoms with Crippen molar-refractivity contribution >= 4 is 21.7 Å². The first-order valence-corrected chi connectivity index (χ1v) is 9.96. The Bertz CT molecular complexity index is 1210. The van der Waals surface area contributed by atoms with E-state index in [0.29, 0.717) is 5.82 Å². The largest absolute Gasteiger partial charge is 0.516 e. The fraction of sp³-hybridized carbons (Fsp3) is 0.167. The average molecular weight is 456 g/mol. The zero-order chi connectivity index (χ0) is 22.8. The van der Waals surface area contributed by atoms with Gasteiger partial charge in [0.25, 0.3) is 0 Å². The molecule has 0 spiro atoms. The van der Waals surface area contributed by atoms with Crippen LogP contribution in [0.3, 0.4) is 0 Å². The Morgan fingerprint density at radius 1 is 1.10 bits per heavy atom. The maximum Gasteiger partial charge on any atom is 0.516 e. The van der Waals surface area contributed by atoms with E-state index in [9.17, 15) is 26.4 Å². The summed E-state index contributed by atoms with van der Waals surface area (Å²) < 4.78 is 73.8. The van der Waals surface area contributed by atoms with Gasteiger partial charge in [0.15, 0.2) is 5.82 Å². The minimum atomic E-state index is -5.75. The Kier molecular flexibility index (Phi) is 5.88. The van der Waals surface area contributed by atoms with Crippen molar-refractivity contribution in [3.05, 3.63) is 54.1 Å². The molecule has 0 saturated carbocycles. The molecule has 0 atom stereocenters. The number of nitrogens with one attached hydrogen (secondary N) is 1. The second kappa shape index (κ2) is 8.26.